The van der Waals surface area contributed by atoms with E-state index in [-0.39, 0.29) is 23.9 Å². The lowest BCUT2D eigenvalue weighted by molar-refractivity contribution is -0.121. The molecule has 0 saturated heterocycles. The highest BCUT2D eigenvalue weighted by atomic mass is 32.1. The van der Waals surface area contributed by atoms with Crippen LogP contribution < -0.4 is 5.32 Å². The van der Waals surface area contributed by atoms with E-state index in [1.165, 1.54) is 11.6 Å². The standard InChI is InChI=1S/C14H13N3O4S/c1-2-20-14(19)11-8-22-13(17-11)10(6-15)12(18)16-7-9-4-3-5-21-9/h3-5,8,10H,2,7H2,1H3,(H,16,18)/t10-/m0/s1. The van der Waals surface area contributed by atoms with Crippen molar-refractivity contribution in [3.8, 4) is 6.07 Å². The first-order valence-corrected chi connectivity index (χ1v) is 7.36. The molecule has 1 atom stereocenters. The second-order valence-electron chi connectivity index (χ2n) is 4.15. The molecule has 0 spiro atoms. The molecule has 2 aromatic heterocycles. The van der Waals surface area contributed by atoms with Gasteiger partial charge in [-0.2, -0.15) is 5.26 Å². The molecule has 0 aliphatic heterocycles. The fraction of sp³-hybridized carbons (Fsp3) is 0.286. The summed E-state index contributed by atoms with van der Waals surface area (Å²) in [5.41, 5.74) is 0.0981. The lowest BCUT2D eigenvalue weighted by Gasteiger charge is -2.06. The number of ether oxygens (including phenoxy) is 1. The molecular weight excluding hydrogens is 306 g/mol. The Morgan fingerprint density at radius 1 is 1.59 bits per heavy atom. The number of rotatable bonds is 6. The van der Waals surface area contributed by atoms with Crippen LogP contribution in [-0.2, 0) is 16.1 Å². The summed E-state index contributed by atoms with van der Waals surface area (Å²) in [6.07, 6.45) is 1.50. The van der Waals surface area contributed by atoms with Crippen LogP contribution in [0.15, 0.2) is 28.2 Å². The smallest absolute Gasteiger partial charge is 0.357 e. The van der Waals surface area contributed by atoms with E-state index in [9.17, 15) is 14.9 Å². The number of nitriles is 1. The Balaban J connectivity index is 2.03. The molecule has 22 heavy (non-hydrogen) atoms. The van der Waals surface area contributed by atoms with Crippen molar-refractivity contribution in [3.05, 3.63) is 40.2 Å². The quantitative estimate of drug-likeness (QED) is 0.814. The van der Waals surface area contributed by atoms with Gasteiger partial charge in [-0.1, -0.05) is 0 Å². The zero-order chi connectivity index (χ0) is 15.9. The number of hydrogen-bond acceptors (Lipinski definition) is 7. The van der Waals surface area contributed by atoms with E-state index in [1.54, 1.807) is 19.1 Å². The Hall–Kier alpha value is -2.66. The number of hydrogen-bond donors (Lipinski definition) is 1. The van der Waals surface area contributed by atoms with Crippen molar-refractivity contribution in [2.24, 2.45) is 0 Å². The first-order valence-electron chi connectivity index (χ1n) is 6.48. The number of amides is 1. The number of carbonyl (C=O) groups is 2. The molecule has 2 heterocycles. The molecule has 8 heteroatoms. The topological polar surface area (TPSA) is 105 Å². The third-order valence-electron chi connectivity index (χ3n) is 2.66. The van der Waals surface area contributed by atoms with E-state index in [1.807, 2.05) is 6.07 Å². The minimum atomic E-state index is -1.08. The second kappa shape index (κ2) is 7.38. The molecule has 1 N–H and O–H groups in total. The fourth-order valence-corrected chi connectivity index (χ4v) is 2.46. The van der Waals surface area contributed by atoms with E-state index >= 15 is 0 Å². The third kappa shape index (κ3) is 3.71. The van der Waals surface area contributed by atoms with E-state index < -0.39 is 17.8 Å². The Labute approximate surface area is 130 Å². The van der Waals surface area contributed by atoms with E-state index in [2.05, 4.69) is 10.3 Å². The largest absolute Gasteiger partial charge is 0.467 e. The molecule has 0 aliphatic rings. The molecule has 2 rings (SSSR count). The number of thiazole rings is 1. The highest BCUT2D eigenvalue weighted by Gasteiger charge is 2.25. The van der Waals surface area contributed by atoms with Gasteiger partial charge >= 0.3 is 5.97 Å². The summed E-state index contributed by atoms with van der Waals surface area (Å²) in [7, 11) is 0. The van der Waals surface area contributed by atoms with Crippen LogP contribution in [0.2, 0.25) is 0 Å². The summed E-state index contributed by atoms with van der Waals surface area (Å²) in [4.78, 5) is 27.6. The molecule has 0 aliphatic carbocycles. The van der Waals surface area contributed by atoms with Gasteiger partial charge in [0, 0.05) is 5.38 Å². The molecule has 114 valence electrons. The van der Waals surface area contributed by atoms with Gasteiger partial charge in [-0.3, -0.25) is 4.79 Å². The minimum absolute atomic E-state index is 0.0981. The second-order valence-corrected chi connectivity index (χ2v) is 5.04. The van der Waals surface area contributed by atoms with Crippen LogP contribution in [0.25, 0.3) is 0 Å². The number of esters is 1. The van der Waals surface area contributed by atoms with Crippen LogP contribution in [0.3, 0.4) is 0 Å². The normalized spacial score (nSPS) is 11.5. The van der Waals surface area contributed by atoms with Gasteiger partial charge in [-0.05, 0) is 19.1 Å². The number of nitrogens with one attached hydrogen (secondary N) is 1. The summed E-state index contributed by atoms with van der Waals surface area (Å²) < 4.78 is 9.91. The number of aromatic nitrogens is 1. The number of nitrogens with zero attached hydrogens (tertiary/aromatic N) is 2. The highest BCUT2D eigenvalue weighted by molar-refractivity contribution is 7.10. The van der Waals surface area contributed by atoms with Crippen LogP contribution in [0, 0.1) is 11.3 Å². The average Bonchev–Trinajstić information content (AvgIpc) is 3.18. The minimum Gasteiger partial charge on any atom is -0.467 e. The summed E-state index contributed by atoms with van der Waals surface area (Å²) in [6.45, 7) is 2.10. The Kier molecular flexibility index (Phi) is 5.27. The predicted molar refractivity (Wildman–Crippen MR) is 77.0 cm³/mol. The lowest BCUT2D eigenvalue weighted by atomic mass is 10.1. The summed E-state index contributed by atoms with van der Waals surface area (Å²) >= 11 is 1.07. The first-order chi connectivity index (χ1) is 10.7. The van der Waals surface area contributed by atoms with Gasteiger partial charge < -0.3 is 14.5 Å². The number of furan rings is 1. The van der Waals surface area contributed by atoms with E-state index in [4.69, 9.17) is 9.15 Å². The van der Waals surface area contributed by atoms with Crippen molar-refractivity contribution in [2.45, 2.75) is 19.4 Å². The van der Waals surface area contributed by atoms with Crippen molar-refractivity contribution in [2.75, 3.05) is 6.61 Å². The lowest BCUT2D eigenvalue weighted by Crippen LogP contribution is -2.28. The van der Waals surface area contributed by atoms with Gasteiger partial charge in [-0.25, -0.2) is 9.78 Å². The zero-order valence-electron chi connectivity index (χ0n) is 11.7. The van der Waals surface area contributed by atoms with E-state index in [0.717, 1.165) is 11.3 Å². The summed E-state index contributed by atoms with van der Waals surface area (Å²) in [6, 6.07) is 5.30. The zero-order valence-corrected chi connectivity index (χ0v) is 12.6. The van der Waals surface area contributed by atoms with E-state index in [0.29, 0.717) is 5.76 Å². The van der Waals surface area contributed by atoms with Crippen LogP contribution in [0.1, 0.15) is 34.1 Å². The molecule has 0 unspecified atom stereocenters. The maximum Gasteiger partial charge on any atom is 0.357 e. The summed E-state index contributed by atoms with van der Waals surface area (Å²) in [5.74, 6) is -1.57. The predicted octanol–water partition coefficient (Wildman–Crippen LogP) is 1.84. The monoisotopic (exact) mass is 319 g/mol. The van der Waals surface area contributed by atoms with Crippen LogP contribution >= 0.6 is 11.3 Å². The SMILES string of the molecule is CCOC(=O)c1csc([C@@H](C#N)C(=O)NCc2ccco2)n1. The molecule has 1 amide bonds. The van der Waals surface area contributed by atoms with Crippen molar-refractivity contribution < 1.29 is 18.7 Å². The van der Waals surface area contributed by atoms with Gasteiger partial charge in [0.15, 0.2) is 11.6 Å². The van der Waals surface area contributed by atoms with Crippen molar-refractivity contribution >= 4 is 23.2 Å². The first kappa shape index (κ1) is 15.7. The highest BCUT2D eigenvalue weighted by Crippen LogP contribution is 2.21. The van der Waals surface area contributed by atoms with Gasteiger partial charge in [0.2, 0.25) is 5.91 Å². The maximum atomic E-state index is 12.0. The Bertz CT molecular complexity index is 687. The average molecular weight is 319 g/mol. The third-order valence-corrected chi connectivity index (χ3v) is 3.57. The summed E-state index contributed by atoms with van der Waals surface area (Å²) in [5, 5.41) is 13.5. The van der Waals surface area contributed by atoms with Gasteiger partial charge in [-0.15, -0.1) is 11.3 Å². The molecular formula is C14H13N3O4S. The maximum absolute atomic E-state index is 12.0. The van der Waals surface area contributed by atoms with Crippen molar-refractivity contribution in [3.63, 3.8) is 0 Å². The van der Waals surface area contributed by atoms with Crippen molar-refractivity contribution in [1.82, 2.24) is 10.3 Å². The van der Waals surface area contributed by atoms with Gasteiger partial charge in [0.1, 0.15) is 10.8 Å². The molecule has 2 aromatic rings. The molecule has 0 aromatic carbocycles. The van der Waals surface area contributed by atoms with Gasteiger partial charge in [0.05, 0.1) is 25.5 Å². The number of carbonyl (C=O) groups excluding carboxylic acids is 2. The fourth-order valence-electron chi connectivity index (χ4n) is 1.63. The van der Waals surface area contributed by atoms with Crippen LogP contribution in [0.4, 0.5) is 0 Å². The molecule has 0 radical (unpaired) electrons. The molecule has 0 saturated carbocycles. The molecule has 0 fully saturated rings. The van der Waals surface area contributed by atoms with Crippen LogP contribution in [0.5, 0.6) is 0 Å². The van der Waals surface area contributed by atoms with Crippen LogP contribution in [-0.4, -0.2) is 23.5 Å². The van der Waals surface area contributed by atoms with Crippen molar-refractivity contribution in [1.29, 1.82) is 5.26 Å². The van der Waals surface area contributed by atoms with Gasteiger partial charge in [0.25, 0.3) is 0 Å². The Morgan fingerprint density at radius 3 is 3.05 bits per heavy atom. The molecule has 0 bridgehead atoms. The molecule has 7 nitrogen and oxygen atoms in total. The Morgan fingerprint density at radius 2 is 2.41 bits per heavy atom.